The Morgan fingerprint density at radius 2 is 1.94 bits per heavy atom. The van der Waals surface area contributed by atoms with Crippen LogP contribution < -0.4 is 10.1 Å². The van der Waals surface area contributed by atoms with Gasteiger partial charge in [-0.3, -0.25) is 9.69 Å². The zero-order valence-electron chi connectivity index (χ0n) is 18.1. The predicted octanol–water partition coefficient (Wildman–Crippen LogP) is 4.32. The molecule has 2 heterocycles. The second-order valence-corrected chi connectivity index (χ2v) is 8.24. The van der Waals surface area contributed by atoms with Crippen LogP contribution in [0.1, 0.15) is 31.2 Å². The molecule has 0 spiro atoms. The number of likely N-dealkylation sites (tertiary alicyclic amines) is 1. The molecule has 32 heavy (non-hydrogen) atoms. The molecule has 1 N–H and O–H groups in total. The fourth-order valence-electron chi connectivity index (χ4n) is 3.82. The first-order chi connectivity index (χ1) is 15.6. The first kappa shape index (κ1) is 22.3. The van der Waals surface area contributed by atoms with Crippen molar-refractivity contribution >= 4 is 17.5 Å². The number of hydrogen-bond donors (Lipinski definition) is 1. The van der Waals surface area contributed by atoms with Gasteiger partial charge in [-0.15, -0.1) is 0 Å². The van der Waals surface area contributed by atoms with E-state index in [0.29, 0.717) is 36.4 Å². The van der Waals surface area contributed by atoms with Gasteiger partial charge in [-0.05, 0) is 62.7 Å². The monoisotopic (exact) mass is 454 g/mol. The van der Waals surface area contributed by atoms with Crippen LogP contribution in [0.25, 0.3) is 11.4 Å². The Balaban J connectivity index is 1.23. The standard InChI is InChI=1S/C24H27ClN4O3/c1-2-31-19-9-7-17(8-10-19)15-26-24(30)18-11-13-29(14-12-18)16-22-27-23(28-32-22)20-5-3-4-6-21(20)25/h3-10,18H,2,11-16H2,1H3,(H,26,30). The molecular formula is C24H27ClN4O3. The van der Waals surface area contributed by atoms with E-state index in [2.05, 4.69) is 20.4 Å². The summed E-state index contributed by atoms with van der Waals surface area (Å²) in [7, 11) is 0. The Bertz CT molecular complexity index is 1030. The summed E-state index contributed by atoms with van der Waals surface area (Å²) in [5.74, 6) is 2.02. The molecular weight excluding hydrogens is 428 g/mol. The normalized spacial score (nSPS) is 14.9. The molecule has 1 amide bonds. The summed E-state index contributed by atoms with van der Waals surface area (Å²) in [6.07, 6.45) is 1.61. The van der Waals surface area contributed by atoms with Crippen molar-refractivity contribution in [2.45, 2.75) is 32.9 Å². The molecule has 0 unspecified atom stereocenters. The summed E-state index contributed by atoms with van der Waals surface area (Å²) < 4.78 is 10.9. The second kappa shape index (κ2) is 10.6. The fourth-order valence-corrected chi connectivity index (χ4v) is 4.04. The highest BCUT2D eigenvalue weighted by Gasteiger charge is 2.26. The van der Waals surface area contributed by atoms with Crippen LogP contribution in [0.15, 0.2) is 53.1 Å². The maximum absolute atomic E-state index is 12.6. The van der Waals surface area contributed by atoms with Gasteiger partial charge in [0.15, 0.2) is 0 Å². The zero-order chi connectivity index (χ0) is 22.3. The number of nitrogens with one attached hydrogen (secondary N) is 1. The minimum atomic E-state index is 0.0234. The van der Waals surface area contributed by atoms with Gasteiger partial charge < -0.3 is 14.6 Å². The third-order valence-electron chi connectivity index (χ3n) is 5.60. The van der Waals surface area contributed by atoms with Crippen LogP contribution in [0.4, 0.5) is 0 Å². The molecule has 1 fully saturated rings. The number of aromatic nitrogens is 2. The lowest BCUT2D eigenvalue weighted by atomic mass is 9.96. The van der Waals surface area contributed by atoms with E-state index >= 15 is 0 Å². The van der Waals surface area contributed by atoms with Gasteiger partial charge in [0, 0.05) is 18.0 Å². The fraction of sp³-hybridized carbons (Fsp3) is 0.375. The number of hydrogen-bond acceptors (Lipinski definition) is 6. The zero-order valence-corrected chi connectivity index (χ0v) is 18.8. The van der Waals surface area contributed by atoms with Gasteiger partial charge in [0.25, 0.3) is 0 Å². The quantitative estimate of drug-likeness (QED) is 0.546. The molecule has 2 aromatic carbocycles. The SMILES string of the molecule is CCOc1ccc(CNC(=O)C2CCN(Cc3nc(-c4ccccc4Cl)no3)CC2)cc1. The van der Waals surface area contributed by atoms with Gasteiger partial charge >= 0.3 is 0 Å². The largest absolute Gasteiger partial charge is 0.494 e. The predicted molar refractivity (Wildman–Crippen MR) is 122 cm³/mol. The Labute approximate surface area is 192 Å². The van der Waals surface area contributed by atoms with E-state index in [1.807, 2.05) is 49.4 Å². The van der Waals surface area contributed by atoms with Crippen LogP contribution in [0.2, 0.25) is 5.02 Å². The summed E-state index contributed by atoms with van der Waals surface area (Å²) in [6.45, 7) is 5.31. The van der Waals surface area contributed by atoms with Crippen molar-refractivity contribution in [3.05, 3.63) is 65.0 Å². The van der Waals surface area contributed by atoms with Crippen LogP contribution in [-0.2, 0) is 17.9 Å². The van der Waals surface area contributed by atoms with Crippen molar-refractivity contribution in [3.63, 3.8) is 0 Å². The molecule has 1 aromatic heterocycles. The van der Waals surface area contributed by atoms with Gasteiger partial charge in [-0.2, -0.15) is 4.98 Å². The molecule has 4 rings (SSSR count). The van der Waals surface area contributed by atoms with Gasteiger partial charge in [0.2, 0.25) is 17.6 Å². The van der Waals surface area contributed by atoms with Crippen LogP contribution in [0.5, 0.6) is 5.75 Å². The van der Waals surface area contributed by atoms with Gasteiger partial charge in [0.1, 0.15) is 5.75 Å². The van der Waals surface area contributed by atoms with Crippen LogP contribution in [0, 0.1) is 5.92 Å². The minimum Gasteiger partial charge on any atom is -0.494 e. The van der Waals surface area contributed by atoms with Crippen molar-refractivity contribution < 1.29 is 14.1 Å². The molecule has 168 valence electrons. The number of ether oxygens (including phenoxy) is 1. The van der Waals surface area contributed by atoms with E-state index in [1.165, 1.54) is 0 Å². The second-order valence-electron chi connectivity index (χ2n) is 7.84. The molecule has 0 saturated carbocycles. The van der Waals surface area contributed by atoms with Crippen molar-refractivity contribution in [1.29, 1.82) is 0 Å². The lowest BCUT2D eigenvalue weighted by molar-refractivity contribution is -0.126. The molecule has 1 saturated heterocycles. The lowest BCUT2D eigenvalue weighted by Crippen LogP contribution is -2.40. The lowest BCUT2D eigenvalue weighted by Gasteiger charge is -2.30. The molecule has 0 radical (unpaired) electrons. The first-order valence-electron chi connectivity index (χ1n) is 10.9. The maximum Gasteiger partial charge on any atom is 0.241 e. The highest BCUT2D eigenvalue weighted by Crippen LogP contribution is 2.26. The summed E-state index contributed by atoms with van der Waals surface area (Å²) in [5, 5.41) is 7.71. The number of amides is 1. The van der Waals surface area contributed by atoms with Gasteiger partial charge in [0.05, 0.1) is 18.2 Å². The summed E-state index contributed by atoms with van der Waals surface area (Å²) in [4.78, 5) is 19.3. The third kappa shape index (κ3) is 5.66. The summed E-state index contributed by atoms with van der Waals surface area (Å²) >= 11 is 6.21. The van der Waals surface area contributed by atoms with Crippen molar-refractivity contribution in [2.24, 2.45) is 5.92 Å². The van der Waals surface area contributed by atoms with Crippen molar-refractivity contribution in [2.75, 3.05) is 19.7 Å². The molecule has 8 heteroatoms. The Morgan fingerprint density at radius 3 is 2.66 bits per heavy atom. The van der Waals surface area contributed by atoms with Crippen molar-refractivity contribution in [1.82, 2.24) is 20.4 Å². The molecule has 1 aliphatic heterocycles. The average Bonchev–Trinajstić information content (AvgIpc) is 3.27. The smallest absolute Gasteiger partial charge is 0.241 e. The van der Waals surface area contributed by atoms with E-state index < -0.39 is 0 Å². The average molecular weight is 455 g/mol. The highest BCUT2D eigenvalue weighted by molar-refractivity contribution is 6.33. The number of rotatable bonds is 8. The molecule has 0 atom stereocenters. The van der Waals surface area contributed by atoms with Gasteiger partial charge in [-0.1, -0.05) is 41.0 Å². The molecule has 3 aromatic rings. The number of halogens is 1. The Morgan fingerprint density at radius 1 is 1.19 bits per heavy atom. The van der Waals surface area contributed by atoms with Crippen LogP contribution in [-0.4, -0.2) is 40.6 Å². The summed E-state index contributed by atoms with van der Waals surface area (Å²) in [6, 6.07) is 15.3. The summed E-state index contributed by atoms with van der Waals surface area (Å²) in [5.41, 5.74) is 1.82. The van der Waals surface area contributed by atoms with E-state index in [-0.39, 0.29) is 11.8 Å². The highest BCUT2D eigenvalue weighted by atomic mass is 35.5. The molecule has 0 aliphatic carbocycles. The Kier molecular flexibility index (Phi) is 7.39. The number of benzene rings is 2. The van der Waals surface area contributed by atoms with Crippen molar-refractivity contribution in [3.8, 4) is 17.1 Å². The minimum absolute atomic E-state index is 0.0234. The van der Waals surface area contributed by atoms with E-state index in [0.717, 1.165) is 42.8 Å². The van der Waals surface area contributed by atoms with E-state index in [1.54, 1.807) is 6.07 Å². The first-order valence-corrected chi connectivity index (χ1v) is 11.3. The topological polar surface area (TPSA) is 80.5 Å². The number of carbonyl (C=O) groups excluding carboxylic acids is 1. The van der Waals surface area contributed by atoms with Crippen LogP contribution in [0.3, 0.4) is 0 Å². The number of nitrogens with zero attached hydrogens (tertiary/aromatic N) is 3. The molecule has 7 nitrogen and oxygen atoms in total. The van der Waals surface area contributed by atoms with Crippen LogP contribution >= 0.6 is 11.6 Å². The van der Waals surface area contributed by atoms with E-state index in [9.17, 15) is 4.79 Å². The maximum atomic E-state index is 12.6. The number of piperidine rings is 1. The van der Waals surface area contributed by atoms with E-state index in [4.69, 9.17) is 20.9 Å². The Hall–Kier alpha value is -2.90. The third-order valence-corrected chi connectivity index (χ3v) is 5.93. The van der Waals surface area contributed by atoms with Gasteiger partial charge in [-0.25, -0.2) is 0 Å². The molecule has 1 aliphatic rings. The number of carbonyl (C=O) groups is 1. The molecule has 0 bridgehead atoms.